The molecule has 1 aliphatic rings. The van der Waals surface area contributed by atoms with Crippen molar-refractivity contribution in [3.8, 4) is 22.9 Å². The van der Waals surface area contributed by atoms with E-state index >= 15 is 0 Å². The number of rotatable bonds is 8. The monoisotopic (exact) mass is 546 g/mol. The molecule has 0 unspecified atom stereocenters. The first-order valence-electron chi connectivity index (χ1n) is 12.9. The minimum Gasteiger partial charge on any atom is -0.437 e. The van der Waals surface area contributed by atoms with Crippen LogP contribution < -0.4 is 15.4 Å². The highest BCUT2D eigenvalue weighted by Crippen LogP contribution is 2.33. The van der Waals surface area contributed by atoms with Gasteiger partial charge in [0.1, 0.15) is 5.75 Å². The van der Waals surface area contributed by atoms with Crippen LogP contribution in [0.3, 0.4) is 0 Å². The van der Waals surface area contributed by atoms with Crippen LogP contribution in [-0.2, 0) is 0 Å². The third kappa shape index (κ3) is 5.40. The van der Waals surface area contributed by atoms with E-state index in [4.69, 9.17) is 4.74 Å². The Balaban J connectivity index is 1.39. The molecule has 3 heterocycles. The van der Waals surface area contributed by atoms with E-state index in [0.29, 0.717) is 28.3 Å². The van der Waals surface area contributed by atoms with Crippen molar-refractivity contribution >= 4 is 28.1 Å². The fourth-order valence-corrected chi connectivity index (χ4v) is 4.51. The third-order valence-corrected chi connectivity index (χ3v) is 6.67. The van der Waals surface area contributed by atoms with E-state index in [1.165, 1.54) is 10.6 Å². The van der Waals surface area contributed by atoms with Gasteiger partial charge in [-0.25, -0.2) is 9.50 Å². The molecule has 1 aliphatic carbocycles. The Morgan fingerprint density at radius 2 is 1.95 bits per heavy atom. The first-order valence-corrected chi connectivity index (χ1v) is 12.9. The second-order valence-electron chi connectivity index (χ2n) is 9.77. The fourth-order valence-electron chi connectivity index (χ4n) is 4.51. The highest BCUT2D eigenvalue weighted by molar-refractivity contribution is 5.96. The number of carbonyl (C=O) groups is 1. The van der Waals surface area contributed by atoms with Crippen LogP contribution in [0.5, 0.6) is 11.6 Å². The number of nitrogens with one attached hydrogen (secondary N) is 2. The molecule has 0 aliphatic heterocycles. The molecule has 204 valence electrons. The number of alkyl halides is 3. The maximum absolute atomic E-state index is 12.9. The second kappa shape index (κ2) is 10.1. The van der Waals surface area contributed by atoms with Crippen molar-refractivity contribution in [1.82, 2.24) is 24.9 Å². The topological polar surface area (TPSA) is 93.4 Å². The van der Waals surface area contributed by atoms with Gasteiger partial charge in [0.2, 0.25) is 5.88 Å². The largest absolute Gasteiger partial charge is 0.437 e. The summed E-state index contributed by atoms with van der Waals surface area (Å²) in [5.74, 6) is 0.552. The quantitative estimate of drug-likeness (QED) is 0.237. The first-order chi connectivity index (χ1) is 19.2. The zero-order chi connectivity index (χ0) is 27.9. The van der Waals surface area contributed by atoms with Crippen molar-refractivity contribution in [3.63, 3.8) is 0 Å². The molecule has 0 atom stereocenters. The lowest BCUT2D eigenvalue weighted by Crippen LogP contribution is -2.26. The number of ether oxygens (including phenoxy) is 1. The number of amides is 1. The molecule has 0 spiro atoms. The van der Waals surface area contributed by atoms with Gasteiger partial charge in [-0.3, -0.25) is 9.78 Å². The van der Waals surface area contributed by atoms with E-state index in [2.05, 4.69) is 25.7 Å². The van der Waals surface area contributed by atoms with Crippen molar-refractivity contribution in [3.05, 3.63) is 78.1 Å². The Kier molecular flexibility index (Phi) is 6.49. The van der Waals surface area contributed by atoms with E-state index in [0.717, 1.165) is 34.9 Å². The summed E-state index contributed by atoms with van der Waals surface area (Å²) in [6.45, 7) is 1.52. The highest BCUT2D eigenvalue weighted by Gasteiger charge is 2.27. The van der Waals surface area contributed by atoms with Crippen molar-refractivity contribution < 1.29 is 22.7 Å². The average molecular weight is 547 g/mol. The number of anilines is 1. The van der Waals surface area contributed by atoms with Gasteiger partial charge >= 0.3 is 6.18 Å². The zero-order valence-electron chi connectivity index (χ0n) is 21.5. The van der Waals surface area contributed by atoms with Gasteiger partial charge in [-0.2, -0.15) is 13.2 Å². The number of aryl methyl sites for hydroxylation is 1. The van der Waals surface area contributed by atoms with Crippen LogP contribution in [0.4, 0.5) is 18.9 Å². The molecular weight excluding hydrogens is 521 g/mol. The summed E-state index contributed by atoms with van der Waals surface area (Å²) in [6.07, 6.45) is -0.0485. The molecular formula is C29H25F3N6O2. The summed E-state index contributed by atoms with van der Waals surface area (Å²) in [7, 11) is 0. The van der Waals surface area contributed by atoms with E-state index in [1.54, 1.807) is 42.7 Å². The standard InChI is InChI=1S/C29H25F3N6O2/c1-17-14-18(7-10-20(17)28(39)36-19-8-9-19)24-16-35-27-23(34-13-11-29(30,31)32)15-26(37-38(24)27)40-25-6-2-5-22-21(25)4-3-12-33-22/h2-7,10,12,14-16,19,34H,8-9,11,13H2,1H3,(H,36,39). The van der Waals surface area contributed by atoms with Crippen LogP contribution in [0.2, 0.25) is 0 Å². The smallest absolute Gasteiger partial charge is 0.390 e. The molecule has 1 fully saturated rings. The number of imidazole rings is 1. The van der Waals surface area contributed by atoms with Crippen molar-refractivity contribution in [2.45, 2.75) is 38.4 Å². The fraction of sp³-hybridized carbons (Fsp3) is 0.241. The van der Waals surface area contributed by atoms with E-state index in [1.807, 2.05) is 25.1 Å². The maximum Gasteiger partial charge on any atom is 0.390 e. The summed E-state index contributed by atoms with van der Waals surface area (Å²) < 4.78 is 46.3. The highest BCUT2D eigenvalue weighted by atomic mass is 19.4. The van der Waals surface area contributed by atoms with Crippen LogP contribution in [0.25, 0.3) is 27.8 Å². The molecule has 8 nitrogen and oxygen atoms in total. The lowest BCUT2D eigenvalue weighted by atomic mass is 10.0. The molecule has 11 heteroatoms. The number of benzene rings is 2. The number of nitrogens with zero attached hydrogens (tertiary/aromatic N) is 4. The molecule has 5 aromatic rings. The number of aromatic nitrogens is 4. The number of carbonyl (C=O) groups excluding carboxylic acids is 1. The van der Waals surface area contributed by atoms with E-state index < -0.39 is 12.6 Å². The summed E-state index contributed by atoms with van der Waals surface area (Å²) in [5, 5.41) is 11.2. The molecule has 1 amide bonds. The predicted molar refractivity (Wildman–Crippen MR) is 145 cm³/mol. The van der Waals surface area contributed by atoms with Gasteiger partial charge in [-0.15, -0.1) is 5.10 Å². The van der Waals surface area contributed by atoms with Gasteiger partial charge in [-0.1, -0.05) is 12.1 Å². The van der Waals surface area contributed by atoms with Gasteiger partial charge in [0.05, 0.1) is 29.5 Å². The van der Waals surface area contributed by atoms with Crippen LogP contribution in [-0.4, -0.2) is 44.3 Å². The summed E-state index contributed by atoms with van der Waals surface area (Å²) in [5.41, 5.74) is 4.12. The van der Waals surface area contributed by atoms with E-state index in [-0.39, 0.29) is 24.4 Å². The molecule has 1 saturated carbocycles. The lowest BCUT2D eigenvalue weighted by molar-refractivity contribution is -0.131. The summed E-state index contributed by atoms with van der Waals surface area (Å²) >= 11 is 0. The van der Waals surface area contributed by atoms with Gasteiger partial charge < -0.3 is 15.4 Å². The summed E-state index contributed by atoms with van der Waals surface area (Å²) in [6, 6.07) is 16.3. The molecule has 0 saturated heterocycles. The number of hydrogen-bond donors (Lipinski definition) is 2. The number of fused-ring (bicyclic) bond motifs is 2. The summed E-state index contributed by atoms with van der Waals surface area (Å²) in [4.78, 5) is 21.4. The Hall–Kier alpha value is -4.67. The van der Waals surface area contributed by atoms with Gasteiger partial charge in [0.15, 0.2) is 5.65 Å². The maximum atomic E-state index is 12.9. The lowest BCUT2D eigenvalue weighted by Gasteiger charge is -2.14. The number of halogens is 3. The number of hydrogen-bond acceptors (Lipinski definition) is 6. The zero-order valence-corrected chi connectivity index (χ0v) is 21.5. The van der Waals surface area contributed by atoms with Crippen LogP contribution in [0.15, 0.2) is 67.0 Å². The molecule has 6 rings (SSSR count). The van der Waals surface area contributed by atoms with Crippen LogP contribution >= 0.6 is 0 Å². The first kappa shape index (κ1) is 25.6. The predicted octanol–water partition coefficient (Wildman–Crippen LogP) is 6.30. The van der Waals surface area contributed by atoms with Gasteiger partial charge in [0.25, 0.3) is 5.91 Å². The third-order valence-electron chi connectivity index (χ3n) is 6.67. The molecule has 2 aromatic carbocycles. The van der Waals surface area contributed by atoms with E-state index in [9.17, 15) is 18.0 Å². The Morgan fingerprint density at radius 3 is 2.73 bits per heavy atom. The van der Waals surface area contributed by atoms with Gasteiger partial charge in [-0.05, 0) is 61.7 Å². The Labute approximate surface area is 227 Å². The SMILES string of the molecule is Cc1cc(-c2cnc3c(NCCC(F)(F)F)cc(Oc4cccc5ncccc45)nn23)ccc1C(=O)NC1CC1. The molecule has 40 heavy (non-hydrogen) atoms. The van der Waals surface area contributed by atoms with Gasteiger partial charge in [0, 0.05) is 41.4 Å². The minimum atomic E-state index is -4.31. The van der Waals surface area contributed by atoms with Crippen molar-refractivity contribution in [1.29, 1.82) is 0 Å². The van der Waals surface area contributed by atoms with Crippen molar-refractivity contribution in [2.24, 2.45) is 0 Å². The van der Waals surface area contributed by atoms with Crippen LogP contribution in [0.1, 0.15) is 35.2 Å². The van der Waals surface area contributed by atoms with Crippen molar-refractivity contribution in [2.75, 3.05) is 11.9 Å². The molecule has 2 N–H and O–H groups in total. The Bertz CT molecular complexity index is 1720. The molecule has 3 aromatic heterocycles. The van der Waals surface area contributed by atoms with Crippen LogP contribution in [0, 0.1) is 6.92 Å². The Morgan fingerprint density at radius 1 is 1.10 bits per heavy atom. The minimum absolute atomic E-state index is 0.112. The molecule has 0 radical (unpaired) electrons. The normalized spacial score (nSPS) is 13.5. The molecule has 0 bridgehead atoms. The second-order valence-corrected chi connectivity index (χ2v) is 9.77. The number of pyridine rings is 1. The average Bonchev–Trinajstić information content (AvgIpc) is 3.63.